The molecule has 0 atom stereocenters. The van der Waals surface area contributed by atoms with Crippen molar-refractivity contribution in [1.82, 2.24) is 14.5 Å². The van der Waals surface area contributed by atoms with Crippen LogP contribution in [0.15, 0.2) is 30.5 Å². The lowest BCUT2D eigenvalue weighted by molar-refractivity contribution is -0.121. The first kappa shape index (κ1) is 17.8. The number of amides is 1. The highest BCUT2D eigenvalue weighted by atomic mass is 35.5. The molecule has 2 heterocycles. The van der Waals surface area contributed by atoms with Gasteiger partial charge < -0.3 is 14.6 Å². The van der Waals surface area contributed by atoms with Gasteiger partial charge in [-0.3, -0.25) is 9.69 Å². The van der Waals surface area contributed by atoms with Gasteiger partial charge in [0.25, 0.3) is 0 Å². The maximum Gasteiger partial charge on any atom is 0.227 e. The van der Waals surface area contributed by atoms with Crippen molar-refractivity contribution in [3.63, 3.8) is 0 Å². The Morgan fingerprint density at radius 2 is 2.08 bits per heavy atom. The minimum atomic E-state index is 0.0196. The Morgan fingerprint density at radius 3 is 2.72 bits per heavy atom. The molecule has 1 aliphatic rings. The molecule has 7 heteroatoms. The van der Waals surface area contributed by atoms with Crippen LogP contribution in [-0.2, 0) is 18.4 Å². The van der Waals surface area contributed by atoms with E-state index in [9.17, 15) is 4.79 Å². The standard InChI is InChI=1S/C18H23ClN4O2/c1-22-16(19)11-20-17(22)12-23-9-7-13(8-10-23)18(24)21-14-5-3-4-6-15(14)25-2/h3-6,11,13H,7-10,12H2,1-2H3,(H,21,24). The van der Waals surface area contributed by atoms with Gasteiger partial charge in [0.1, 0.15) is 16.7 Å². The molecule has 1 amide bonds. The minimum absolute atomic E-state index is 0.0196. The zero-order valence-corrected chi connectivity index (χ0v) is 15.3. The summed E-state index contributed by atoms with van der Waals surface area (Å²) in [6.07, 6.45) is 3.34. The number of likely N-dealkylation sites (tertiary alicyclic amines) is 1. The lowest BCUT2D eigenvalue weighted by Gasteiger charge is -2.31. The summed E-state index contributed by atoms with van der Waals surface area (Å²) in [4.78, 5) is 19.2. The van der Waals surface area contributed by atoms with Gasteiger partial charge in [-0.15, -0.1) is 0 Å². The third-order valence-electron chi connectivity index (χ3n) is 4.72. The number of rotatable bonds is 5. The van der Waals surface area contributed by atoms with E-state index < -0.39 is 0 Å². The number of hydrogen-bond acceptors (Lipinski definition) is 4. The number of carbonyl (C=O) groups is 1. The highest BCUT2D eigenvalue weighted by molar-refractivity contribution is 6.29. The van der Waals surface area contributed by atoms with E-state index in [0.29, 0.717) is 10.9 Å². The molecule has 1 aliphatic heterocycles. The Balaban J connectivity index is 1.53. The fourth-order valence-electron chi connectivity index (χ4n) is 3.11. The monoisotopic (exact) mass is 362 g/mol. The van der Waals surface area contributed by atoms with Gasteiger partial charge in [0.15, 0.2) is 0 Å². The summed E-state index contributed by atoms with van der Waals surface area (Å²) in [6.45, 7) is 2.49. The van der Waals surface area contributed by atoms with Crippen LogP contribution in [0.2, 0.25) is 5.15 Å². The number of anilines is 1. The Kier molecular flexibility index (Phi) is 5.60. The average Bonchev–Trinajstić information content (AvgIpc) is 2.95. The molecule has 0 unspecified atom stereocenters. The van der Waals surface area contributed by atoms with Crippen LogP contribution >= 0.6 is 11.6 Å². The number of piperidine rings is 1. The van der Waals surface area contributed by atoms with Crippen LogP contribution in [0.25, 0.3) is 0 Å². The molecule has 0 bridgehead atoms. The number of carbonyl (C=O) groups excluding carboxylic acids is 1. The second kappa shape index (κ2) is 7.89. The molecule has 0 spiro atoms. The molecule has 0 radical (unpaired) electrons. The first-order chi connectivity index (χ1) is 12.1. The van der Waals surface area contributed by atoms with E-state index in [-0.39, 0.29) is 11.8 Å². The van der Waals surface area contributed by atoms with E-state index in [1.807, 2.05) is 35.9 Å². The molecule has 0 aliphatic carbocycles. The third-order valence-corrected chi connectivity index (χ3v) is 5.07. The van der Waals surface area contributed by atoms with E-state index in [0.717, 1.165) is 44.0 Å². The number of para-hydroxylation sites is 2. The molecule has 2 aromatic rings. The minimum Gasteiger partial charge on any atom is -0.495 e. The van der Waals surface area contributed by atoms with E-state index in [4.69, 9.17) is 16.3 Å². The third kappa shape index (κ3) is 4.14. The van der Waals surface area contributed by atoms with Crippen LogP contribution in [0.4, 0.5) is 5.69 Å². The zero-order chi connectivity index (χ0) is 17.8. The molecule has 0 saturated carbocycles. The van der Waals surface area contributed by atoms with E-state index in [1.165, 1.54) is 0 Å². The van der Waals surface area contributed by atoms with Crippen molar-refractivity contribution in [2.45, 2.75) is 19.4 Å². The normalized spacial score (nSPS) is 16.0. The number of halogens is 1. The van der Waals surface area contributed by atoms with Gasteiger partial charge in [0.2, 0.25) is 5.91 Å². The first-order valence-electron chi connectivity index (χ1n) is 8.41. The second-order valence-corrected chi connectivity index (χ2v) is 6.68. The van der Waals surface area contributed by atoms with Crippen molar-refractivity contribution in [1.29, 1.82) is 0 Å². The maximum atomic E-state index is 12.5. The Labute approximate surface area is 152 Å². The fraction of sp³-hybridized carbons (Fsp3) is 0.444. The molecule has 1 aromatic carbocycles. The van der Waals surface area contributed by atoms with Crippen LogP contribution in [0.5, 0.6) is 5.75 Å². The van der Waals surface area contributed by atoms with Crippen LogP contribution in [0.1, 0.15) is 18.7 Å². The molecule has 134 valence electrons. The topological polar surface area (TPSA) is 59.4 Å². The highest BCUT2D eigenvalue weighted by Gasteiger charge is 2.26. The summed E-state index contributed by atoms with van der Waals surface area (Å²) in [7, 11) is 3.52. The highest BCUT2D eigenvalue weighted by Crippen LogP contribution is 2.26. The molecule has 1 fully saturated rings. The number of methoxy groups -OCH3 is 1. The summed E-state index contributed by atoms with van der Waals surface area (Å²) in [5, 5.41) is 3.63. The lowest BCUT2D eigenvalue weighted by Crippen LogP contribution is -2.38. The van der Waals surface area contributed by atoms with Crippen LogP contribution in [-0.4, -0.2) is 40.6 Å². The predicted molar refractivity (Wildman–Crippen MR) is 97.8 cm³/mol. The van der Waals surface area contributed by atoms with Crippen LogP contribution in [0.3, 0.4) is 0 Å². The molecule has 25 heavy (non-hydrogen) atoms. The molecule has 3 rings (SSSR count). The van der Waals surface area contributed by atoms with Gasteiger partial charge in [0.05, 0.1) is 25.5 Å². The van der Waals surface area contributed by atoms with Crippen molar-refractivity contribution in [2.24, 2.45) is 13.0 Å². The second-order valence-electron chi connectivity index (χ2n) is 6.30. The summed E-state index contributed by atoms with van der Waals surface area (Å²) < 4.78 is 7.18. The van der Waals surface area contributed by atoms with Crippen molar-refractivity contribution in [3.8, 4) is 5.75 Å². The Bertz CT molecular complexity index is 738. The molecule has 1 N–H and O–H groups in total. The predicted octanol–water partition coefficient (Wildman–Crippen LogP) is 2.93. The van der Waals surface area contributed by atoms with E-state index >= 15 is 0 Å². The Hall–Kier alpha value is -2.05. The summed E-state index contributed by atoms with van der Waals surface area (Å²) in [5.74, 6) is 1.71. The largest absolute Gasteiger partial charge is 0.495 e. The van der Waals surface area contributed by atoms with Gasteiger partial charge in [0, 0.05) is 13.0 Å². The quantitative estimate of drug-likeness (QED) is 0.888. The summed E-state index contributed by atoms with van der Waals surface area (Å²) in [6, 6.07) is 7.47. The van der Waals surface area contributed by atoms with Gasteiger partial charge >= 0.3 is 0 Å². The number of imidazole rings is 1. The number of nitrogens with zero attached hydrogens (tertiary/aromatic N) is 3. The maximum absolute atomic E-state index is 12.5. The van der Waals surface area contributed by atoms with E-state index in [1.54, 1.807) is 13.3 Å². The summed E-state index contributed by atoms with van der Waals surface area (Å²) >= 11 is 6.03. The fourth-order valence-corrected chi connectivity index (χ4v) is 3.25. The van der Waals surface area contributed by atoms with Crippen molar-refractivity contribution in [3.05, 3.63) is 41.4 Å². The van der Waals surface area contributed by atoms with Gasteiger partial charge in [-0.05, 0) is 38.1 Å². The average molecular weight is 363 g/mol. The summed E-state index contributed by atoms with van der Waals surface area (Å²) in [5.41, 5.74) is 0.722. The number of nitrogens with one attached hydrogen (secondary N) is 1. The smallest absolute Gasteiger partial charge is 0.227 e. The zero-order valence-electron chi connectivity index (χ0n) is 14.5. The van der Waals surface area contributed by atoms with Gasteiger partial charge in [-0.1, -0.05) is 23.7 Å². The number of aromatic nitrogens is 2. The molecular formula is C18H23ClN4O2. The van der Waals surface area contributed by atoms with E-state index in [2.05, 4.69) is 15.2 Å². The van der Waals surface area contributed by atoms with Gasteiger partial charge in [-0.25, -0.2) is 4.98 Å². The van der Waals surface area contributed by atoms with Crippen LogP contribution < -0.4 is 10.1 Å². The van der Waals surface area contributed by atoms with Crippen molar-refractivity contribution >= 4 is 23.2 Å². The first-order valence-corrected chi connectivity index (χ1v) is 8.78. The van der Waals surface area contributed by atoms with Crippen molar-refractivity contribution in [2.75, 3.05) is 25.5 Å². The van der Waals surface area contributed by atoms with Gasteiger partial charge in [-0.2, -0.15) is 0 Å². The Morgan fingerprint density at radius 1 is 1.36 bits per heavy atom. The molecular weight excluding hydrogens is 340 g/mol. The molecule has 6 nitrogen and oxygen atoms in total. The van der Waals surface area contributed by atoms with Crippen LogP contribution in [0, 0.1) is 5.92 Å². The molecule has 1 saturated heterocycles. The SMILES string of the molecule is COc1ccccc1NC(=O)C1CCN(Cc2ncc(Cl)n2C)CC1. The number of ether oxygens (including phenoxy) is 1. The van der Waals surface area contributed by atoms with Crippen molar-refractivity contribution < 1.29 is 9.53 Å². The number of hydrogen-bond donors (Lipinski definition) is 1. The number of benzene rings is 1. The molecule has 1 aromatic heterocycles. The lowest BCUT2D eigenvalue weighted by atomic mass is 9.95.